The first kappa shape index (κ1) is 15.0. The van der Waals surface area contributed by atoms with Crippen LogP contribution in [0, 0.1) is 5.92 Å². The van der Waals surface area contributed by atoms with Crippen molar-refractivity contribution in [2.45, 2.75) is 19.4 Å². The molecule has 1 aromatic carbocycles. The maximum Gasteiger partial charge on any atom is 0.224 e. The number of carbonyl (C=O) groups excluding carboxylic acids is 1. The fraction of sp³-hybridized carbons (Fsp3) is 0.562. The van der Waals surface area contributed by atoms with Crippen LogP contribution in [0.15, 0.2) is 30.3 Å². The number of ether oxygens (including phenoxy) is 1. The van der Waals surface area contributed by atoms with E-state index in [1.54, 1.807) is 7.11 Å². The molecule has 1 heterocycles. The van der Waals surface area contributed by atoms with Crippen molar-refractivity contribution < 1.29 is 9.53 Å². The fourth-order valence-corrected chi connectivity index (χ4v) is 2.68. The van der Waals surface area contributed by atoms with Crippen LogP contribution in [0.3, 0.4) is 0 Å². The van der Waals surface area contributed by atoms with Gasteiger partial charge in [-0.05, 0) is 24.9 Å². The Bertz CT molecular complexity index is 408. The minimum absolute atomic E-state index is 0.115. The number of hydrogen-bond acceptors (Lipinski definition) is 3. The van der Waals surface area contributed by atoms with Crippen molar-refractivity contribution in [2.24, 2.45) is 5.92 Å². The Morgan fingerprint density at radius 3 is 2.95 bits per heavy atom. The molecule has 0 aromatic heterocycles. The monoisotopic (exact) mass is 276 g/mol. The Labute approximate surface area is 121 Å². The molecule has 1 fully saturated rings. The number of rotatable bonds is 6. The number of carbonyl (C=O) groups is 1. The molecule has 1 atom stereocenters. The Morgan fingerprint density at radius 1 is 1.40 bits per heavy atom. The van der Waals surface area contributed by atoms with E-state index in [1.165, 1.54) is 5.56 Å². The average molecular weight is 276 g/mol. The zero-order chi connectivity index (χ0) is 14.2. The zero-order valence-electron chi connectivity index (χ0n) is 12.2. The summed E-state index contributed by atoms with van der Waals surface area (Å²) in [5, 5.41) is 2.95. The van der Waals surface area contributed by atoms with E-state index in [-0.39, 0.29) is 11.8 Å². The van der Waals surface area contributed by atoms with Gasteiger partial charge in [-0.3, -0.25) is 9.69 Å². The van der Waals surface area contributed by atoms with Crippen LogP contribution in [-0.4, -0.2) is 44.2 Å². The Balaban J connectivity index is 1.80. The van der Waals surface area contributed by atoms with Gasteiger partial charge in [0.15, 0.2) is 0 Å². The molecule has 1 amide bonds. The number of hydrogen-bond donors (Lipinski definition) is 1. The molecule has 1 aromatic rings. The molecule has 0 aliphatic carbocycles. The standard InChI is InChI=1S/C16H24N2O2/c1-20-11-9-17-16(19)15-8-5-10-18(13-15)12-14-6-3-2-4-7-14/h2-4,6-7,15H,5,8-13H2,1H3,(H,17,19)/t15-/m1/s1. The third-order valence-corrected chi connectivity index (χ3v) is 3.73. The van der Waals surface area contributed by atoms with Gasteiger partial charge in [-0.25, -0.2) is 0 Å². The van der Waals surface area contributed by atoms with Crippen LogP contribution in [0.5, 0.6) is 0 Å². The third-order valence-electron chi connectivity index (χ3n) is 3.73. The smallest absolute Gasteiger partial charge is 0.224 e. The molecule has 1 N–H and O–H groups in total. The van der Waals surface area contributed by atoms with Gasteiger partial charge in [-0.15, -0.1) is 0 Å². The lowest BCUT2D eigenvalue weighted by Gasteiger charge is -2.32. The summed E-state index contributed by atoms with van der Waals surface area (Å²) in [5.41, 5.74) is 1.31. The van der Waals surface area contributed by atoms with Gasteiger partial charge in [0.1, 0.15) is 0 Å². The van der Waals surface area contributed by atoms with Crippen molar-refractivity contribution in [2.75, 3.05) is 33.4 Å². The van der Waals surface area contributed by atoms with Gasteiger partial charge in [0, 0.05) is 26.7 Å². The van der Waals surface area contributed by atoms with Crippen LogP contribution in [0.25, 0.3) is 0 Å². The highest BCUT2D eigenvalue weighted by atomic mass is 16.5. The zero-order valence-corrected chi connectivity index (χ0v) is 12.2. The molecule has 1 aliphatic heterocycles. The lowest BCUT2D eigenvalue weighted by Crippen LogP contribution is -2.43. The molecular formula is C16H24N2O2. The van der Waals surface area contributed by atoms with Crippen molar-refractivity contribution in [1.29, 1.82) is 0 Å². The van der Waals surface area contributed by atoms with Crippen LogP contribution >= 0.6 is 0 Å². The second kappa shape index (κ2) is 8.02. The maximum atomic E-state index is 12.1. The number of nitrogens with one attached hydrogen (secondary N) is 1. The highest BCUT2D eigenvalue weighted by Crippen LogP contribution is 2.18. The predicted octanol–water partition coefficient (Wildman–Crippen LogP) is 1.66. The predicted molar refractivity (Wildman–Crippen MR) is 79.3 cm³/mol. The van der Waals surface area contributed by atoms with E-state index >= 15 is 0 Å². The van der Waals surface area contributed by atoms with Gasteiger partial charge in [0.2, 0.25) is 5.91 Å². The van der Waals surface area contributed by atoms with E-state index in [2.05, 4.69) is 34.5 Å². The topological polar surface area (TPSA) is 41.6 Å². The lowest BCUT2D eigenvalue weighted by atomic mass is 9.96. The summed E-state index contributed by atoms with van der Waals surface area (Å²) >= 11 is 0. The molecular weight excluding hydrogens is 252 g/mol. The second-order valence-electron chi connectivity index (χ2n) is 5.34. The van der Waals surface area contributed by atoms with Gasteiger partial charge in [0.25, 0.3) is 0 Å². The third kappa shape index (κ3) is 4.62. The Kier molecular flexibility index (Phi) is 6.02. The highest BCUT2D eigenvalue weighted by Gasteiger charge is 2.25. The van der Waals surface area contributed by atoms with Crippen molar-refractivity contribution in [3.63, 3.8) is 0 Å². The second-order valence-corrected chi connectivity index (χ2v) is 5.34. The van der Waals surface area contributed by atoms with E-state index in [0.717, 1.165) is 32.5 Å². The number of nitrogens with zero attached hydrogens (tertiary/aromatic N) is 1. The molecule has 110 valence electrons. The van der Waals surface area contributed by atoms with E-state index < -0.39 is 0 Å². The highest BCUT2D eigenvalue weighted by molar-refractivity contribution is 5.78. The number of piperidine rings is 1. The molecule has 1 saturated heterocycles. The Morgan fingerprint density at radius 2 is 2.20 bits per heavy atom. The first-order valence-corrected chi connectivity index (χ1v) is 7.32. The van der Waals surface area contributed by atoms with Crippen molar-refractivity contribution in [3.05, 3.63) is 35.9 Å². The quantitative estimate of drug-likeness (QED) is 0.804. The summed E-state index contributed by atoms with van der Waals surface area (Å²) in [6.07, 6.45) is 2.08. The van der Waals surface area contributed by atoms with Crippen molar-refractivity contribution in [1.82, 2.24) is 10.2 Å². The van der Waals surface area contributed by atoms with Gasteiger partial charge < -0.3 is 10.1 Å². The van der Waals surface area contributed by atoms with Crippen LogP contribution < -0.4 is 5.32 Å². The molecule has 0 saturated carbocycles. The lowest BCUT2D eigenvalue weighted by molar-refractivity contribution is -0.127. The number of methoxy groups -OCH3 is 1. The molecule has 0 unspecified atom stereocenters. The van der Waals surface area contributed by atoms with E-state index in [4.69, 9.17) is 4.74 Å². The fourth-order valence-electron chi connectivity index (χ4n) is 2.68. The van der Waals surface area contributed by atoms with E-state index in [1.807, 2.05) is 6.07 Å². The van der Waals surface area contributed by atoms with Crippen molar-refractivity contribution >= 4 is 5.91 Å². The summed E-state index contributed by atoms with van der Waals surface area (Å²) in [6, 6.07) is 10.4. The van der Waals surface area contributed by atoms with E-state index in [0.29, 0.717) is 13.2 Å². The van der Waals surface area contributed by atoms with Gasteiger partial charge in [0.05, 0.1) is 12.5 Å². The van der Waals surface area contributed by atoms with Gasteiger partial charge >= 0.3 is 0 Å². The van der Waals surface area contributed by atoms with Crippen LogP contribution in [0.4, 0.5) is 0 Å². The SMILES string of the molecule is COCCNC(=O)[C@@H]1CCCN(Cc2ccccc2)C1. The van der Waals surface area contributed by atoms with Gasteiger partial charge in [-0.2, -0.15) is 0 Å². The summed E-state index contributed by atoms with van der Waals surface area (Å²) in [7, 11) is 1.65. The van der Waals surface area contributed by atoms with Crippen molar-refractivity contribution in [3.8, 4) is 0 Å². The maximum absolute atomic E-state index is 12.1. The normalized spacial score (nSPS) is 19.8. The Hall–Kier alpha value is -1.39. The average Bonchev–Trinajstić information content (AvgIpc) is 2.49. The molecule has 0 spiro atoms. The summed E-state index contributed by atoms with van der Waals surface area (Å²) in [4.78, 5) is 14.5. The molecule has 0 radical (unpaired) electrons. The summed E-state index contributed by atoms with van der Waals surface area (Å²) < 4.78 is 4.95. The number of likely N-dealkylation sites (tertiary alicyclic amines) is 1. The van der Waals surface area contributed by atoms with Gasteiger partial charge in [-0.1, -0.05) is 30.3 Å². The molecule has 0 bridgehead atoms. The first-order valence-electron chi connectivity index (χ1n) is 7.32. The first-order chi connectivity index (χ1) is 9.79. The molecule has 4 heteroatoms. The van der Waals surface area contributed by atoms with Crippen LogP contribution in [-0.2, 0) is 16.1 Å². The minimum atomic E-state index is 0.115. The molecule has 20 heavy (non-hydrogen) atoms. The number of amides is 1. The summed E-state index contributed by atoms with van der Waals surface area (Å²) in [5.74, 6) is 0.282. The summed E-state index contributed by atoms with van der Waals surface area (Å²) in [6.45, 7) is 4.05. The molecule has 1 aliphatic rings. The minimum Gasteiger partial charge on any atom is -0.383 e. The van der Waals surface area contributed by atoms with E-state index in [9.17, 15) is 4.79 Å². The van der Waals surface area contributed by atoms with Crippen LogP contribution in [0.1, 0.15) is 18.4 Å². The number of benzene rings is 1. The molecule has 2 rings (SSSR count). The molecule has 4 nitrogen and oxygen atoms in total. The largest absolute Gasteiger partial charge is 0.383 e. The van der Waals surface area contributed by atoms with Crippen LogP contribution in [0.2, 0.25) is 0 Å².